The number of hydrogen-bond acceptors (Lipinski definition) is 4. The van der Waals surface area contributed by atoms with Gasteiger partial charge >= 0.3 is 5.97 Å². The normalized spacial score (nSPS) is 25.7. The minimum absolute atomic E-state index is 0.268. The van der Waals surface area contributed by atoms with Crippen LogP contribution in [-0.4, -0.2) is 50.5 Å². The van der Waals surface area contributed by atoms with Crippen LogP contribution >= 0.6 is 0 Å². The topological polar surface area (TPSA) is 60.2 Å². The van der Waals surface area contributed by atoms with Crippen molar-refractivity contribution in [1.82, 2.24) is 0 Å². The van der Waals surface area contributed by atoms with Gasteiger partial charge in [0.05, 0.1) is 25.8 Å². The predicted molar refractivity (Wildman–Crippen MR) is 87.8 cm³/mol. The molecule has 0 saturated carbocycles. The molecule has 1 fully saturated rings. The van der Waals surface area contributed by atoms with E-state index in [1.165, 1.54) is 18.4 Å². The molecule has 0 aliphatic carbocycles. The zero-order valence-electron chi connectivity index (χ0n) is 14.2. The Morgan fingerprint density at radius 2 is 1.87 bits per heavy atom. The number of esters is 1. The Balaban J connectivity index is 1.77. The van der Waals surface area contributed by atoms with Crippen molar-refractivity contribution in [3.8, 4) is 5.75 Å². The van der Waals surface area contributed by atoms with Crippen LogP contribution in [0.2, 0.25) is 0 Å². The number of methoxy groups -OCH3 is 1. The van der Waals surface area contributed by atoms with Gasteiger partial charge in [0.25, 0.3) is 0 Å². The summed E-state index contributed by atoms with van der Waals surface area (Å²) in [5.41, 5.74) is 0.487. The lowest BCUT2D eigenvalue weighted by molar-refractivity contribution is -0.915. The summed E-state index contributed by atoms with van der Waals surface area (Å²) in [6.45, 7) is 7.78. The number of hydrogen-bond donors (Lipinski definition) is 2. The van der Waals surface area contributed by atoms with Gasteiger partial charge in [0.1, 0.15) is 25.0 Å². The Morgan fingerprint density at radius 1 is 1.26 bits per heavy atom. The number of aliphatic hydroxyl groups is 1. The van der Waals surface area contributed by atoms with Crippen LogP contribution in [0.1, 0.15) is 30.6 Å². The van der Waals surface area contributed by atoms with Gasteiger partial charge in [0, 0.05) is 11.8 Å². The van der Waals surface area contributed by atoms with E-state index in [0.29, 0.717) is 23.1 Å². The molecule has 5 nitrogen and oxygen atoms in total. The molecule has 0 amide bonds. The van der Waals surface area contributed by atoms with E-state index in [-0.39, 0.29) is 12.6 Å². The van der Waals surface area contributed by atoms with Crippen molar-refractivity contribution in [3.63, 3.8) is 0 Å². The second-order valence-electron chi connectivity index (χ2n) is 6.79. The summed E-state index contributed by atoms with van der Waals surface area (Å²) in [6.07, 6.45) is 0.797. The van der Waals surface area contributed by atoms with E-state index in [1.54, 1.807) is 24.3 Å². The van der Waals surface area contributed by atoms with E-state index in [0.717, 1.165) is 19.6 Å². The fourth-order valence-corrected chi connectivity index (χ4v) is 3.48. The largest absolute Gasteiger partial charge is 0.491 e. The molecule has 128 valence electrons. The van der Waals surface area contributed by atoms with Crippen molar-refractivity contribution >= 4 is 5.97 Å². The average molecular weight is 322 g/mol. The molecule has 5 heteroatoms. The Bertz CT molecular complexity index is 492. The van der Waals surface area contributed by atoms with E-state index in [9.17, 15) is 9.90 Å². The maximum Gasteiger partial charge on any atom is 0.337 e. The van der Waals surface area contributed by atoms with Gasteiger partial charge < -0.3 is 19.5 Å². The molecule has 3 atom stereocenters. The molecule has 1 saturated heterocycles. The van der Waals surface area contributed by atoms with Crippen LogP contribution < -0.4 is 9.64 Å². The quantitative estimate of drug-likeness (QED) is 0.760. The number of piperidine rings is 1. The van der Waals surface area contributed by atoms with Crippen molar-refractivity contribution in [2.45, 2.75) is 26.4 Å². The second kappa shape index (κ2) is 8.31. The Hall–Kier alpha value is -1.59. The number of benzene rings is 1. The summed E-state index contributed by atoms with van der Waals surface area (Å²) < 4.78 is 10.3. The van der Waals surface area contributed by atoms with E-state index in [2.05, 4.69) is 18.6 Å². The molecular weight excluding hydrogens is 294 g/mol. The van der Waals surface area contributed by atoms with Crippen molar-refractivity contribution in [3.05, 3.63) is 29.8 Å². The molecule has 1 aromatic carbocycles. The molecule has 0 aromatic heterocycles. The fourth-order valence-electron chi connectivity index (χ4n) is 3.48. The van der Waals surface area contributed by atoms with E-state index in [4.69, 9.17) is 4.74 Å². The minimum atomic E-state index is -0.484. The van der Waals surface area contributed by atoms with Crippen molar-refractivity contribution in [2.75, 3.05) is 33.4 Å². The molecule has 1 aromatic rings. The van der Waals surface area contributed by atoms with Gasteiger partial charge in [-0.2, -0.15) is 0 Å². The van der Waals surface area contributed by atoms with Crippen molar-refractivity contribution in [1.29, 1.82) is 0 Å². The average Bonchev–Trinajstić information content (AvgIpc) is 2.51. The lowest BCUT2D eigenvalue weighted by Gasteiger charge is -2.33. The lowest BCUT2D eigenvalue weighted by Crippen LogP contribution is -3.15. The Kier molecular flexibility index (Phi) is 6.42. The summed E-state index contributed by atoms with van der Waals surface area (Å²) in [7, 11) is 1.35. The van der Waals surface area contributed by atoms with Gasteiger partial charge in [0.2, 0.25) is 0 Å². The first-order valence-electron chi connectivity index (χ1n) is 8.30. The first kappa shape index (κ1) is 17.8. The number of carbonyl (C=O) groups excluding carboxylic acids is 1. The number of nitrogens with one attached hydrogen (secondary N) is 1. The van der Waals surface area contributed by atoms with Crippen molar-refractivity contribution in [2.24, 2.45) is 11.8 Å². The smallest absolute Gasteiger partial charge is 0.337 e. The SMILES string of the molecule is COC(=O)c1ccc(OC[C@@H](O)C[NH+]2C[C@H](C)C[C@@H](C)C2)cc1. The molecule has 1 aliphatic heterocycles. The fraction of sp³-hybridized carbons (Fsp3) is 0.611. The van der Waals surface area contributed by atoms with E-state index >= 15 is 0 Å². The summed E-state index contributed by atoms with van der Waals surface area (Å²) in [5.74, 6) is 1.71. The molecular formula is C18H28NO4+. The first-order valence-corrected chi connectivity index (χ1v) is 8.30. The number of likely N-dealkylation sites (tertiary alicyclic amines) is 1. The van der Waals surface area contributed by atoms with Gasteiger partial charge in [-0.15, -0.1) is 0 Å². The third-order valence-corrected chi connectivity index (χ3v) is 4.32. The van der Waals surface area contributed by atoms with Gasteiger partial charge in [-0.1, -0.05) is 13.8 Å². The summed E-state index contributed by atoms with van der Waals surface area (Å²) in [5, 5.41) is 10.2. The molecule has 0 bridgehead atoms. The molecule has 1 heterocycles. The minimum Gasteiger partial charge on any atom is -0.491 e. The third kappa shape index (κ3) is 5.52. The zero-order valence-corrected chi connectivity index (χ0v) is 14.2. The molecule has 0 radical (unpaired) electrons. The monoisotopic (exact) mass is 322 g/mol. The highest BCUT2D eigenvalue weighted by Crippen LogP contribution is 2.14. The zero-order chi connectivity index (χ0) is 16.8. The number of aliphatic hydroxyl groups excluding tert-OH is 1. The van der Waals surface area contributed by atoms with E-state index < -0.39 is 6.10 Å². The molecule has 2 N–H and O–H groups in total. The van der Waals surface area contributed by atoms with Gasteiger partial charge in [-0.3, -0.25) is 0 Å². The highest BCUT2D eigenvalue weighted by molar-refractivity contribution is 5.89. The first-order chi connectivity index (χ1) is 11.0. The molecule has 0 spiro atoms. The van der Waals surface area contributed by atoms with Crippen LogP contribution in [0.3, 0.4) is 0 Å². The lowest BCUT2D eigenvalue weighted by atomic mass is 9.92. The van der Waals surface area contributed by atoms with Gasteiger partial charge in [0.15, 0.2) is 0 Å². The molecule has 23 heavy (non-hydrogen) atoms. The van der Waals surface area contributed by atoms with Crippen LogP contribution in [0, 0.1) is 11.8 Å². The van der Waals surface area contributed by atoms with E-state index in [1.807, 2.05) is 0 Å². The van der Waals surface area contributed by atoms with Crippen LogP contribution in [-0.2, 0) is 4.74 Å². The third-order valence-electron chi connectivity index (χ3n) is 4.32. The molecule has 0 unspecified atom stereocenters. The maximum atomic E-state index is 11.4. The molecule has 2 rings (SSSR count). The van der Waals surface area contributed by atoms with Gasteiger partial charge in [-0.25, -0.2) is 4.79 Å². The Labute approximate surface area is 138 Å². The van der Waals surface area contributed by atoms with Crippen LogP contribution in [0.5, 0.6) is 5.75 Å². The maximum absolute atomic E-state index is 11.4. The second-order valence-corrected chi connectivity index (χ2v) is 6.79. The summed E-state index contributed by atoms with van der Waals surface area (Å²) >= 11 is 0. The van der Waals surface area contributed by atoms with Gasteiger partial charge in [-0.05, 0) is 30.7 Å². The standard InChI is InChI=1S/C18H27NO4/c1-13-8-14(2)10-19(9-13)11-16(20)12-23-17-6-4-15(5-7-17)18(21)22-3/h4-7,13-14,16,20H,8-12H2,1-3H3/p+1/t13-,14-,16+/m1/s1. The number of rotatable bonds is 6. The van der Waals surface area contributed by atoms with Crippen LogP contribution in [0.4, 0.5) is 0 Å². The van der Waals surface area contributed by atoms with Crippen molar-refractivity contribution < 1.29 is 24.3 Å². The highest BCUT2D eigenvalue weighted by atomic mass is 16.5. The molecule has 1 aliphatic rings. The summed E-state index contributed by atoms with van der Waals surface area (Å²) in [6, 6.07) is 6.76. The summed E-state index contributed by atoms with van der Waals surface area (Å²) in [4.78, 5) is 12.8. The van der Waals surface area contributed by atoms with Crippen LogP contribution in [0.15, 0.2) is 24.3 Å². The number of carbonyl (C=O) groups is 1. The predicted octanol–water partition coefficient (Wildman–Crippen LogP) is 0.774. The number of ether oxygens (including phenoxy) is 2. The highest BCUT2D eigenvalue weighted by Gasteiger charge is 2.26. The Morgan fingerprint density at radius 3 is 2.43 bits per heavy atom. The van der Waals surface area contributed by atoms with Crippen LogP contribution in [0.25, 0.3) is 0 Å². The number of quaternary nitrogens is 1.